The van der Waals surface area contributed by atoms with Crippen molar-refractivity contribution >= 4 is 39.2 Å². The molecule has 0 saturated carbocycles. The topological polar surface area (TPSA) is 3.24 Å². The van der Waals surface area contributed by atoms with Crippen LogP contribution in [-0.2, 0) is 0 Å². The zero-order valence-electron chi connectivity index (χ0n) is 7.07. The molecule has 5 heteroatoms. The second-order valence-electron chi connectivity index (χ2n) is 2.44. The molecular formula is C6H14Cl3NSi. The summed E-state index contributed by atoms with van der Waals surface area (Å²) in [5.74, 6) is 0. The zero-order valence-corrected chi connectivity index (χ0v) is 10.3. The maximum absolute atomic E-state index is 5.86. The van der Waals surface area contributed by atoms with Crippen molar-refractivity contribution < 1.29 is 0 Å². The highest BCUT2D eigenvalue weighted by Gasteiger charge is 2.36. The Bertz CT molecular complexity index is 111. The average Bonchev–Trinajstić information content (AvgIpc) is 1.88. The number of hydrogen-bond acceptors (Lipinski definition) is 1. The minimum Gasteiger partial charge on any atom is -0.300 e. The smallest absolute Gasteiger partial charge is 0.300 e. The molecule has 0 aliphatic rings. The van der Waals surface area contributed by atoms with Crippen LogP contribution >= 0.6 is 33.2 Å². The van der Waals surface area contributed by atoms with Gasteiger partial charge in [0.05, 0.1) is 0 Å². The lowest BCUT2D eigenvalue weighted by atomic mass is 10.5. The van der Waals surface area contributed by atoms with E-state index in [1.54, 1.807) is 0 Å². The van der Waals surface area contributed by atoms with Gasteiger partial charge in [0.25, 0.3) is 0 Å². The fourth-order valence-electron chi connectivity index (χ4n) is 0.978. The van der Waals surface area contributed by atoms with E-state index in [-0.39, 0.29) is 5.67 Å². The van der Waals surface area contributed by atoms with Gasteiger partial charge < -0.3 is 4.90 Å². The Kier molecular flexibility index (Phi) is 5.39. The number of nitrogens with zero attached hydrogens (tertiary/aromatic N) is 1. The molecule has 0 bridgehead atoms. The third kappa shape index (κ3) is 3.99. The third-order valence-corrected chi connectivity index (χ3v) is 5.99. The minimum atomic E-state index is -2.52. The van der Waals surface area contributed by atoms with Crippen LogP contribution < -0.4 is 0 Å². The average molecular weight is 235 g/mol. The molecule has 0 N–H and O–H groups in total. The normalized spacial score (nSPS) is 15.5. The van der Waals surface area contributed by atoms with Crippen LogP contribution in [0.1, 0.15) is 20.8 Å². The lowest BCUT2D eigenvalue weighted by Crippen LogP contribution is -2.44. The summed E-state index contributed by atoms with van der Waals surface area (Å²) in [7, 11) is 0. The number of halogens is 3. The van der Waals surface area contributed by atoms with Crippen molar-refractivity contribution in [1.82, 2.24) is 4.90 Å². The maximum Gasteiger partial charge on any atom is 0.357 e. The van der Waals surface area contributed by atoms with Gasteiger partial charge in [0.1, 0.15) is 0 Å². The van der Waals surface area contributed by atoms with Crippen molar-refractivity contribution in [2.75, 3.05) is 13.1 Å². The van der Waals surface area contributed by atoms with Crippen molar-refractivity contribution in [1.29, 1.82) is 0 Å². The molecule has 0 spiro atoms. The summed E-state index contributed by atoms with van der Waals surface area (Å²) >= 11 is 17.6. The summed E-state index contributed by atoms with van der Waals surface area (Å²) in [5, 5.41) is 0. The number of hydrogen-bond donors (Lipinski definition) is 0. The number of rotatable bonds is 4. The van der Waals surface area contributed by atoms with Gasteiger partial charge in [-0.2, -0.15) is 0 Å². The summed E-state index contributed by atoms with van der Waals surface area (Å²) in [5.41, 5.74) is 0.113. The summed E-state index contributed by atoms with van der Waals surface area (Å²) in [6, 6.07) is -2.52. The van der Waals surface area contributed by atoms with Crippen LogP contribution in [0.2, 0.25) is 0 Å². The van der Waals surface area contributed by atoms with Gasteiger partial charge in [-0.05, 0) is 20.0 Å². The Morgan fingerprint density at radius 3 is 1.64 bits per heavy atom. The Balaban J connectivity index is 4.09. The molecular weight excluding hydrogens is 221 g/mol. The first-order valence-electron chi connectivity index (χ1n) is 3.74. The second kappa shape index (κ2) is 4.93. The van der Waals surface area contributed by atoms with Crippen LogP contribution in [0.5, 0.6) is 0 Å². The van der Waals surface area contributed by atoms with Crippen molar-refractivity contribution in [2.45, 2.75) is 26.4 Å². The molecule has 68 valence electrons. The van der Waals surface area contributed by atoms with Crippen molar-refractivity contribution in [3.63, 3.8) is 0 Å². The zero-order chi connectivity index (χ0) is 9.07. The second-order valence-corrected chi connectivity index (χ2v) is 11.5. The van der Waals surface area contributed by atoms with E-state index in [2.05, 4.69) is 18.7 Å². The summed E-state index contributed by atoms with van der Waals surface area (Å²) in [6.45, 7) is 8.01. The predicted octanol–water partition coefficient (Wildman–Crippen LogP) is 2.91. The standard InChI is InChI=1S/C6H14Cl3NSi/c1-4-10(5-2)6(3)11(7,8)9/h6H,4-5H2,1-3H3. The van der Waals surface area contributed by atoms with Crippen LogP contribution in [-0.4, -0.2) is 29.7 Å². The maximum atomic E-state index is 5.86. The van der Waals surface area contributed by atoms with Crippen molar-refractivity contribution in [2.24, 2.45) is 0 Å². The third-order valence-electron chi connectivity index (χ3n) is 1.83. The molecule has 11 heavy (non-hydrogen) atoms. The van der Waals surface area contributed by atoms with Gasteiger partial charge in [-0.15, -0.1) is 33.2 Å². The molecule has 0 fully saturated rings. The van der Waals surface area contributed by atoms with E-state index in [0.29, 0.717) is 0 Å². The predicted molar refractivity (Wildman–Crippen MR) is 55.7 cm³/mol. The van der Waals surface area contributed by atoms with Gasteiger partial charge in [0.2, 0.25) is 0 Å². The van der Waals surface area contributed by atoms with E-state index < -0.39 is 6.00 Å². The quantitative estimate of drug-likeness (QED) is 0.534. The van der Waals surface area contributed by atoms with E-state index in [1.165, 1.54) is 0 Å². The molecule has 0 amide bonds. The first-order chi connectivity index (χ1) is 4.93. The molecule has 0 aromatic heterocycles. The molecule has 1 atom stereocenters. The first-order valence-corrected chi connectivity index (χ1v) is 8.85. The summed E-state index contributed by atoms with van der Waals surface area (Å²) in [4.78, 5) is 2.17. The monoisotopic (exact) mass is 233 g/mol. The van der Waals surface area contributed by atoms with E-state index in [1.807, 2.05) is 6.92 Å². The Morgan fingerprint density at radius 2 is 1.55 bits per heavy atom. The van der Waals surface area contributed by atoms with Crippen molar-refractivity contribution in [3.8, 4) is 0 Å². The summed E-state index contributed by atoms with van der Waals surface area (Å²) in [6.07, 6.45) is 0. The SMILES string of the molecule is CCN(CC)C(C)[Si](Cl)(Cl)Cl. The molecule has 1 unspecified atom stereocenters. The Hall–Kier alpha value is 1.05. The van der Waals surface area contributed by atoms with Crippen molar-refractivity contribution in [3.05, 3.63) is 0 Å². The molecule has 0 aliphatic carbocycles. The Labute approximate surface area is 83.7 Å². The highest BCUT2D eigenvalue weighted by molar-refractivity contribution is 7.65. The van der Waals surface area contributed by atoms with Gasteiger partial charge in [0.15, 0.2) is 0 Å². The molecule has 0 aromatic carbocycles. The van der Waals surface area contributed by atoms with Crippen LogP contribution in [0.25, 0.3) is 0 Å². The fourth-order valence-corrected chi connectivity index (χ4v) is 3.00. The van der Waals surface area contributed by atoms with Crippen LogP contribution in [0.15, 0.2) is 0 Å². The van der Waals surface area contributed by atoms with E-state index in [4.69, 9.17) is 33.2 Å². The van der Waals surface area contributed by atoms with E-state index in [9.17, 15) is 0 Å². The van der Waals surface area contributed by atoms with Crippen LogP contribution in [0.3, 0.4) is 0 Å². The molecule has 0 radical (unpaired) electrons. The molecule has 1 nitrogen and oxygen atoms in total. The molecule has 0 rings (SSSR count). The highest BCUT2D eigenvalue weighted by atomic mass is 35.8. The van der Waals surface area contributed by atoms with E-state index in [0.717, 1.165) is 13.1 Å². The lowest BCUT2D eigenvalue weighted by molar-refractivity contribution is 0.288. The van der Waals surface area contributed by atoms with Gasteiger partial charge in [-0.25, -0.2) is 0 Å². The van der Waals surface area contributed by atoms with E-state index >= 15 is 0 Å². The molecule has 0 saturated heterocycles. The van der Waals surface area contributed by atoms with Crippen LogP contribution in [0, 0.1) is 0 Å². The fraction of sp³-hybridized carbons (Fsp3) is 1.00. The summed E-state index contributed by atoms with van der Waals surface area (Å²) < 4.78 is 0. The largest absolute Gasteiger partial charge is 0.357 e. The first kappa shape index (κ1) is 12.0. The molecule has 0 heterocycles. The van der Waals surface area contributed by atoms with Gasteiger partial charge in [0, 0.05) is 5.67 Å². The minimum absolute atomic E-state index is 0.113. The molecule has 0 aliphatic heterocycles. The van der Waals surface area contributed by atoms with Gasteiger partial charge >= 0.3 is 6.00 Å². The Morgan fingerprint density at radius 1 is 1.18 bits per heavy atom. The van der Waals surface area contributed by atoms with Crippen LogP contribution in [0.4, 0.5) is 0 Å². The lowest BCUT2D eigenvalue weighted by Gasteiger charge is -2.29. The molecule has 0 aromatic rings. The highest BCUT2D eigenvalue weighted by Crippen LogP contribution is 2.27. The van der Waals surface area contributed by atoms with Gasteiger partial charge in [-0.1, -0.05) is 13.8 Å². The van der Waals surface area contributed by atoms with Gasteiger partial charge in [-0.3, -0.25) is 0 Å².